The lowest BCUT2D eigenvalue weighted by molar-refractivity contribution is 0.208. The van der Waals surface area contributed by atoms with Gasteiger partial charge in [0.25, 0.3) is 10.0 Å². The number of hydrogen-bond acceptors (Lipinski definition) is 6. The monoisotopic (exact) mass is 532 g/mol. The third-order valence-electron chi connectivity index (χ3n) is 4.76. The van der Waals surface area contributed by atoms with Crippen molar-refractivity contribution >= 4 is 62.0 Å². The summed E-state index contributed by atoms with van der Waals surface area (Å²) in [5.74, 6) is -0.0521. The Morgan fingerprint density at radius 2 is 1.97 bits per heavy atom. The van der Waals surface area contributed by atoms with Crippen LogP contribution in [0.15, 0.2) is 61.8 Å². The Morgan fingerprint density at radius 1 is 1.16 bits per heavy atom. The lowest BCUT2D eigenvalue weighted by atomic mass is 10.3. The number of nitrogens with zero attached hydrogens (tertiary/aromatic N) is 1. The van der Waals surface area contributed by atoms with Gasteiger partial charge in [-0.2, -0.15) is 0 Å². The molecule has 2 heterocycles. The number of benzene rings is 2. The fourth-order valence-electron chi connectivity index (χ4n) is 3.19. The number of hydrogen-bond donors (Lipinski definition) is 1. The summed E-state index contributed by atoms with van der Waals surface area (Å²) in [6.07, 6.45) is 0.902. The van der Waals surface area contributed by atoms with Gasteiger partial charge < -0.3 is 9.64 Å². The third-order valence-corrected chi connectivity index (χ3v) is 9.44. The first-order valence-electron chi connectivity index (χ1n) is 9.60. The van der Waals surface area contributed by atoms with Crippen molar-refractivity contribution in [2.45, 2.75) is 25.8 Å². The van der Waals surface area contributed by atoms with Crippen LogP contribution >= 0.6 is 46.3 Å². The molecule has 5 nitrogen and oxygen atoms in total. The van der Waals surface area contributed by atoms with Crippen LogP contribution in [0.2, 0.25) is 10.0 Å². The van der Waals surface area contributed by atoms with E-state index in [0.29, 0.717) is 21.4 Å². The van der Waals surface area contributed by atoms with Crippen LogP contribution in [0.25, 0.3) is 0 Å². The zero-order valence-corrected chi connectivity index (χ0v) is 20.8. The fraction of sp³-hybridized carbons (Fsp3) is 0.238. The maximum absolute atomic E-state index is 13.3. The van der Waals surface area contributed by atoms with Gasteiger partial charge in [-0.3, -0.25) is 4.72 Å². The summed E-state index contributed by atoms with van der Waals surface area (Å²) in [5, 5.41) is 0.446. The zero-order valence-electron chi connectivity index (χ0n) is 16.8. The Kier molecular flexibility index (Phi) is 7.24. The molecule has 32 heavy (non-hydrogen) atoms. The standard InChI is InChI=1S/C21H19Cl2FN2O3S3/c1-26-9-8-14(12-26)29-19-10-13(2-4-16(19)22)25-32(27,28)21-7-6-20(31-21)30-15-3-5-18(24)17(23)11-15/h2-7,10-11,14,25H,8-9,12H2,1H3/t14-/m1/s1. The van der Waals surface area contributed by atoms with Crippen LogP contribution in [0.4, 0.5) is 10.1 Å². The van der Waals surface area contributed by atoms with Crippen LogP contribution in [0, 0.1) is 5.82 Å². The summed E-state index contributed by atoms with van der Waals surface area (Å²) >= 11 is 14.5. The molecule has 1 aliphatic heterocycles. The molecule has 1 N–H and O–H groups in total. The summed E-state index contributed by atoms with van der Waals surface area (Å²) in [4.78, 5) is 2.88. The lowest BCUT2D eigenvalue weighted by Gasteiger charge is -2.16. The van der Waals surface area contributed by atoms with Crippen LogP contribution in [0.3, 0.4) is 0 Å². The zero-order chi connectivity index (χ0) is 22.9. The van der Waals surface area contributed by atoms with Gasteiger partial charge in [0, 0.05) is 24.1 Å². The van der Waals surface area contributed by atoms with Crippen molar-refractivity contribution in [2.75, 3.05) is 24.9 Å². The second-order valence-electron chi connectivity index (χ2n) is 7.29. The van der Waals surface area contributed by atoms with Crippen molar-refractivity contribution in [2.24, 2.45) is 0 Å². The molecule has 11 heteroatoms. The van der Waals surface area contributed by atoms with Gasteiger partial charge in [-0.1, -0.05) is 35.0 Å². The average Bonchev–Trinajstić information content (AvgIpc) is 3.37. The predicted molar refractivity (Wildman–Crippen MR) is 129 cm³/mol. The summed E-state index contributed by atoms with van der Waals surface area (Å²) in [7, 11) is -1.78. The van der Waals surface area contributed by atoms with Gasteiger partial charge in [0.1, 0.15) is 21.9 Å². The van der Waals surface area contributed by atoms with Crippen molar-refractivity contribution in [3.8, 4) is 5.75 Å². The van der Waals surface area contributed by atoms with E-state index in [2.05, 4.69) is 9.62 Å². The van der Waals surface area contributed by atoms with Crippen molar-refractivity contribution in [1.82, 2.24) is 4.90 Å². The highest BCUT2D eigenvalue weighted by Crippen LogP contribution is 2.37. The quantitative estimate of drug-likeness (QED) is 0.390. The molecule has 0 saturated carbocycles. The van der Waals surface area contributed by atoms with E-state index >= 15 is 0 Å². The van der Waals surface area contributed by atoms with Crippen molar-refractivity contribution in [1.29, 1.82) is 0 Å². The number of likely N-dealkylation sites (N-methyl/N-ethyl adjacent to an activating group) is 1. The summed E-state index contributed by atoms with van der Waals surface area (Å²) in [6.45, 7) is 1.73. The first-order chi connectivity index (χ1) is 15.2. The minimum Gasteiger partial charge on any atom is -0.487 e. The topological polar surface area (TPSA) is 58.6 Å². The third kappa shape index (κ3) is 5.70. The Labute approximate surface area is 204 Å². The molecule has 0 unspecified atom stereocenters. The molecule has 2 aromatic carbocycles. The molecule has 0 bridgehead atoms. The highest BCUT2D eigenvalue weighted by Gasteiger charge is 2.23. The summed E-state index contributed by atoms with van der Waals surface area (Å²) < 4.78 is 48.6. The van der Waals surface area contributed by atoms with Crippen LogP contribution < -0.4 is 9.46 Å². The summed E-state index contributed by atoms with van der Waals surface area (Å²) in [6, 6.07) is 12.4. The molecule has 1 aromatic heterocycles. The van der Waals surface area contributed by atoms with E-state index in [1.807, 2.05) is 7.05 Å². The first kappa shape index (κ1) is 23.7. The van der Waals surface area contributed by atoms with Crippen molar-refractivity contribution in [3.63, 3.8) is 0 Å². The fourth-order valence-corrected chi connectivity index (χ4v) is 7.25. The highest BCUT2D eigenvalue weighted by atomic mass is 35.5. The van der Waals surface area contributed by atoms with Gasteiger partial charge in [0.2, 0.25) is 0 Å². The molecule has 1 fully saturated rings. The summed E-state index contributed by atoms with van der Waals surface area (Å²) in [5.41, 5.74) is 0.365. The lowest BCUT2D eigenvalue weighted by Crippen LogP contribution is -2.21. The van der Waals surface area contributed by atoms with Crippen LogP contribution in [0.1, 0.15) is 6.42 Å². The number of ether oxygens (including phenoxy) is 1. The maximum atomic E-state index is 13.3. The Bertz CT molecular complexity index is 1240. The van der Waals surface area contributed by atoms with Crippen LogP contribution in [0.5, 0.6) is 5.75 Å². The number of likely N-dealkylation sites (tertiary alicyclic amines) is 1. The molecule has 0 radical (unpaired) electrons. The minimum atomic E-state index is -3.80. The van der Waals surface area contributed by atoms with Crippen molar-refractivity contribution in [3.05, 3.63) is 64.4 Å². The average molecular weight is 533 g/mol. The van der Waals surface area contributed by atoms with Crippen LogP contribution in [-0.2, 0) is 10.0 Å². The smallest absolute Gasteiger partial charge is 0.271 e. The van der Waals surface area contributed by atoms with E-state index in [1.165, 1.54) is 30.0 Å². The second kappa shape index (κ2) is 9.79. The molecular formula is C21H19Cl2FN2O3S3. The number of rotatable bonds is 7. The number of thiophene rings is 1. The van der Waals surface area contributed by atoms with E-state index < -0.39 is 15.8 Å². The van der Waals surface area contributed by atoms with Gasteiger partial charge in [-0.25, -0.2) is 12.8 Å². The van der Waals surface area contributed by atoms with E-state index in [0.717, 1.165) is 35.1 Å². The molecule has 0 amide bonds. The largest absolute Gasteiger partial charge is 0.487 e. The van der Waals surface area contributed by atoms with Gasteiger partial charge in [0.05, 0.1) is 19.9 Å². The molecule has 1 aliphatic rings. The highest BCUT2D eigenvalue weighted by molar-refractivity contribution is 8.02. The van der Waals surface area contributed by atoms with E-state index in [9.17, 15) is 12.8 Å². The van der Waals surface area contributed by atoms with Gasteiger partial charge in [-0.15, -0.1) is 11.3 Å². The van der Waals surface area contributed by atoms with E-state index in [-0.39, 0.29) is 15.3 Å². The second-order valence-corrected chi connectivity index (χ2v) is 12.5. The number of sulfonamides is 1. The Hall–Kier alpha value is -1.49. The molecule has 1 saturated heterocycles. The Balaban J connectivity index is 1.47. The molecule has 0 spiro atoms. The molecule has 170 valence electrons. The van der Waals surface area contributed by atoms with E-state index in [1.54, 1.807) is 30.3 Å². The van der Waals surface area contributed by atoms with Crippen LogP contribution in [-0.4, -0.2) is 39.6 Å². The molecular weight excluding hydrogens is 514 g/mol. The SMILES string of the molecule is CN1CC[C@@H](Oc2cc(NS(=O)(=O)c3ccc(Sc4ccc(F)c(Cl)c4)s3)ccc2Cl)C1. The molecule has 0 aliphatic carbocycles. The molecule has 1 atom stereocenters. The minimum absolute atomic E-state index is 0.0150. The van der Waals surface area contributed by atoms with E-state index in [4.69, 9.17) is 27.9 Å². The number of anilines is 1. The predicted octanol–water partition coefficient (Wildman–Crippen LogP) is 6.23. The van der Waals surface area contributed by atoms with Gasteiger partial charge in [0.15, 0.2) is 0 Å². The Morgan fingerprint density at radius 3 is 2.69 bits per heavy atom. The number of halogens is 3. The first-order valence-corrected chi connectivity index (χ1v) is 13.5. The maximum Gasteiger partial charge on any atom is 0.271 e. The molecule has 4 rings (SSSR count). The van der Waals surface area contributed by atoms with Crippen molar-refractivity contribution < 1.29 is 17.5 Å². The number of nitrogens with one attached hydrogen (secondary N) is 1. The molecule has 3 aromatic rings. The normalized spacial score (nSPS) is 16.9. The van der Waals surface area contributed by atoms with Gasteiger partial charge in [-0.05, 0) is 55.9 Å². The van der Waals surface area contributed by atoms with Gasteiger partial charge >= 0.3 is 0 Å².